The van der Waals surface area contributed by atoms with Crippen molar-refractivity contribution in [3.05, 3.63) is 36.0 Å². The van der Waals surface area contributed by atoms with Crippen LogP contribution < -0.4 is 5.32 Å². The average molecular weight is 339 g/mol. The van der Waals surface area contributed by atoms with Crippen LogP contribution in [0.5, 0.6) is 0 Å². The maximum atomic E-state index is 12.5. The van der Waals surface area contributed by atoms with E-state index in [1.54, 1.807) is 0 Å². The standard InChI is InChI=1S/C17H17N5O3/c23-17-11(7-14-18-15(21-25-14)10-5-6-24-9-10)8-22-16(19-17)12-3-1-2-4-13(12)20-22/h1-4,10-11H,5-9H2,(H,19,23). The third-order valence-electron chi connectivity index (χ3n) is 4.85. The van der Waals surface area contributed by atoms with E-state index < -0.39 is 0 Å². The first-order valence-electron chi connectivity index (χ1n) is 8.44. The number of hydrogen-bond donors (Lipinski definition) is 1. The molecule has 5 rings (SSSR count). The summed E-state index contributed by atoms with van der Waals surface area (Å²) in [4.78, 5) is 17.0. The monoisotopic (exact) mass is 339 g/mol. The number of hydrogen-bond acceptors (Lipinski definition) is 6. The summed E-state index contributed by atoms with van der Waals surface area (Å²) < 4.78 is 12.6. The van der Waals surface area contributed by atoms with Crippen LogP contribution in [-0.2, 0) is 22.5 Å². The van der Waals surface area contributed by atoms with Crippen LogP contribution in [0.3, 0.4) is 0 Å². The highest BCUT2D eigenvalue weighted by molar-refractivity contribution is 6.02. The molecular weight excluding hydrogens is 322 g/mol. The largest absolute Gasteiger partial charge is 0.381 e. The molecule has 8 nitrogen and oxygen atoms in total. The predicted molar refractivity (Wildman–Crippen MR) is 88.0 cm³/mol. The molecule has 0 aliphatic carbocycles. The summed E-state index contributed by atoms with van der Waals surface area (Å²) in [6.07, 6.45) is 1.31. The molecule has 3 aromatic rings. The summed E-state index contributed by atoms with van der Waals surface area (Å²) >= 11 is 0. The third kappa shape index (κ3) is 2.49. The number of rotatable bonds is 3. The van der Waals surface area contributed by atoms with Gasteiger partial charge in [-0.3, -0.25) is 4.79 Å². The van der Waals surface area contributed by atoms with Gasteiger partial charge >= 0.3 is 0 Å². The van der Waals surface area contributed by atoms with Crippen LogP contribution in [0.1, 0.15) is 24.1 Å². The van der Waals surface area contributed by atoms with Gasteiger partial charge in [-0.05, 0) is 18.6 Å². The molecule has 4 heterocycles. The Balaban J connectivity index is 1.37. The van der Waals surface area contributed by atoms with Crippen molar-refractivity contribution < 1.29 is 14.1 Å². The fourth-order valence-corrected chi connectivity index (χ4v) is 3.48. The Morgan fingerprint density at radius 3 is 3.12 bits per heavy atom. The molecule has 2 atom stereocenters. The maximum absolute atomic E-state index is 12.5. The first-order valence-corrected chi connectivity index (χ1v) is 8.44. The van der Waals surface area contributed by atoms with Crippen LogP contribution >= 0.6 is 0 Å². The lowest BCUT2D eigenvalue weighted by atomic mass is 10.0. The molecule has 0 spiro atoms. The van der Waals surface area contributed by atoms with Crippen molar-refractivity contribution in [3.8, 4) is 0 Å². The van der Waals surface area contributed by atoms with Crippen LogP contribution in [0.4, 0.5) is 5.82 Å². The summed E-state index contributed by atoms with van der Waals surface area (Å²) in [6.45, 7) is 1.86. The van der Waals surface area contributed by atoms with Gasteiger partial charge in [-0.25, -0.2) is 4.68 Å². The zero-order valence-electron chi connectivity index (χ0n) is 13.5. The second-order valence-corrected chi connectivity index (χ2v) is 6.54. The summed E-state index contributed by atoms with van der Waals surface area (Å²) in [6, 6.07) is 7.78. The molecule has 0 bridgehead atoms. The van der Waals surface area contributed by atoms with E-state index >= 15 is 0 Å². The number of nitrogens with zero attached hydrogens (tertiary/aromatic N) is 4. The number of ether oxygens (including phenoxy) is 1. The highest BCUT2D eigenvalue weighted by Gasteiger charge is 2.31. The van der Waals surface area contributed by atoms with E-state index in [0.29, 0.717) is 31.3 Å². The van der Waals surface area contributed by atoms with Crippen molar-refractivity contribution in [2.45, 2.75) is 25.3 Å². The molecule has 1 N–H and O–H groups in total. The molecule has 1 saturated heterocycles. The Morgan fingerprint density at radius 1 is 1.32 bits per heavy atom. The highest BCUT2D eigenvalue weighted by Crippen LogP contribution is 2.29. The summed E-state index contributed by atoms with van der Waals surface area (Å²) in [5.41, 5.74) is 0.875. The van der Waals surface area contributed by atoms with E-state index in [1.165, 1.54) is 0 Å². The summed E-state index contributed by atoms with van der Waals surface area (Å²) in [7, 11) is 0. The number of carbonyl (C=O) groups excluding carboxylic acids is 1. The molecule has 1 amide bonds. The molecule has 1 aromatic carbocycles. The van der Waals surface area contributed by atoms with Gasteiger partial charge in [0, 0.05) is 24.3 Å². The van der Waals surface area contributed by atoms with E-state index in [1.807, 2.05) is 28.9 Å². The minimum absolute atomic E-state index is 0.0397. The van der Waals surface area contributed by atoms with Gasteiger partial charge in [0.05, 0.1) is 24.6 Å². The number of carbonyl (C=O) groups is 1. The Labute approximate surface area is 143 Å². The van der Waals surface area contributed by atoms with Crippen molar-refractivity contribution in [1.82, 2.24) is 19.9 Å². The lowest BCUT2D eigenvalue weighted by Gasteiger charge is -2.22. The van der Waals surface area contributed by atoms with Crippen molar-refractivity contribution in [1.29, 1.82) is 0 Å². The average Bonchev–Trinajstić information content (AvgIpc) is 3.34. The van der Waals surface area contributed by atoms with Gasteiger partial charge < -0.3 is 14.6 Å². The number of fused-ring (bicyclic) bond motifs is 3. The number of nitrogens with one attached hydrogen (secondary N) is 1. The lowest BCUT2D eigenvalue weighted by Crippen LogP contribution is -2.35. The minimum Gasteiger partial charge on any atom is -0.381 e. The van der Waals surface area contributed by atoms with Crippen LogP contribution in [0.25, 0.3) is 10.9 Å². The minimum atomic E-state index is -0.282. The van der Waals surface area contributed by atoms with Gasteiger partial charge in [0.1, 0.15) is 5.82 Å². The fourth-order valence-electron chi connectivity index (χ4n) is 3.48. The molecule has 128 valence electrons. The van der Waals surface area contributed by atoms with E-state index in [9.17, 15) is 4.79 Å². The molecule has 8 heteroatoms. The quantitative estimate of drug-likeness (QED) is 0.781. The summed E-state index contributed by atoms with van der Waals surface area (Å²) in [5, 5.41) is 12.5. The topological polar surface area (TPSA) is 95.1 Å². The van der Waals surface area contributed by atoms with Crippen molar-refractivity contribution in [2.24, 2.45) is 5.92 Å². The van der Waals surface area contributed by atoms with Gasteiger partial charge in [-0.1, -0.05) is 17.3 Å². The fraction of sp³-hybridized carbons (Fsp3) is 0.412. The lowest BCUT2D eigenvalue weighted by molar-refractivity contribution is -0.121. The molecule has 2 aliphatic rings. The molecule has 2 aromatic heterocycles. The second kappa shape index (κ2) is 5.66. The first-order chi connectivity index (χ1) is 12.3. The Bertz CT molecular complexity index is 941. The van der Waals surface area contributed by atoms with Gasteiger partial charge in [0.15, 0.2) is 5.82 Å². The number of benzene rings is 1. The van der Waals surface area contributed by atoms with E-state index in [-0.39, 0.29) is 17.7 Å². The molecule has 0 radical (unpaired) electrons. The third-order valence-corrected chi connectivity index (χ3v) is 4.85. The zero-order chi connectivity index (χ0) is 16.8. The van der Waals surface area contributed by atoms with Crippen LogP contribution in [0, 0.1) is 5.92 Å². The molecule has 0 saturated carbocycles. The summed E-state index contributed by atoms with van der Waals surface area (Å²) in [5.74, 6) is 1.79. The molecule has 2 aliphatic heterocycles. The van der Waals surface area contributed by atoms with Crippen LogP contribution in [-0.4, -0.2) is 39.0 Å². The Kier molecular flexibility index (Phi) is 3.30. The second-order valence-electron chi connectivity index (χ2n) is 6.54. The molecule has 2 unspecified atom stereocenters. The van der Waals surface area contributed by atoms with Crippen LogP contribution in [0.2, 0.25) is 0 Å². The van der Waals surface area contributed by atoms with Gasteiger partial charge in [-0.15, -0.1) is 0 Å². The van der Waals surface area contributed by atoms with Gasteiger partial charge in [-0.2, -0.15) is 10.1 Å². The smallest absolute Gasteiger partial charge is 0.231 e. The molecule has 25 heavy (non-hydrogen) atoms. The first kappa shape index (κ1) is 14.6. The van der Waals surface area contributed by atoms with E-state index in [4.69, 9.17) is 9.26 Å². The Morgan fingerprint density at radius 2 is 2.24 bits per heavy atom. The maximum Gasteiger partial charge on any atom is 0.231 e. The van der Waals surface area contributed by atoms with E-state index in [0.717, 1.165) is 29.7 Å². The van der Waals surface area contributed by atoms with Gasteiger partial charge in [0.2, 0.25) is 11.8 Å². The normalized spacial score (nSPS) is 23.0. The Hall–Kier alpha value is -2.74. The zero-order valence-corrected chi connectivity index (χ0v) is 13.5. The van der Waals surface area contributed by atoms with Crippen LogP contribution in [0.15, 0.2) is 28.8 Å². The van der Waals surface area contributed by atoms with Gasteiger partial charge in [0.25, 0.3) is 0 Å². The highest BCUT2D eigenvalue weighted by atomic mass is 16.5. The number of anilines is 1. The van der Waals surface area contributed by atoms with E-state index in [2.05, 4.69) is 20.6 Å². The van der Waals surface area contributed by atoms with Crippen molar-refractivity contribution >= 4 is 22.6 Å². The number of aromatic nitrogens is 4. The van der Waals surface area contributed by atoms with Crippen molar-refractivity contribution in [2.75, 3.05) is 18.5 Å². The molecular formula is C17H17N5O3. The number of amides is 1. The predicted octanol–water partition coefficient (Wildman–Crippen LogP) is 1.73. The SMILES string of the molecule is O=C1Nc2c3ccccc3nn2CC1Cc1nc(C2CCOC2)no1. The molecule has 1 fully saturated rings. The van der Waals surface area contributed by atoms with Crippen molar-refractivity contribution in [3.63, 3.8) is 0 Å².